The van der Waals surface area contributed by atoms with Gasteiger partial charge in [0, 0.05) is 18.3 Å². The van der Waals surface area contributed by atoms with Crippen molar-refractivity contribution in [2.75, 3.05) is 30.5 Å². The summed E-state index contributed by atoms with van der Waals surface area (Å²) in [5.74, 6) is 1.59. The second-order valence-corrected chi connectivity index (χ2v) is 5.37. The highest BCUT2D eigenvalue weighted by molar-refractivity contribution is 7.99. The van der Waals surface area contributed by atoms with E-state index in [9.17, 15) is 0 Å². The summed E-state index contributed by atoms with van der Waals surface area (Å²) in [6.45, 7) is 5.26. The molecule has 0 saturated heterocycles. The summed E-state index contributed by atoms with van der Waals surface area (Å²) < 4.78 is 0.206. The van der Waals surface area contributed by atoms with Crippen molar-refractivity contribution in [2.24, 2.45) is 0 Å². The highest BCUT2D eigenvalue weighted by Crippen LogP contribution is 2.21. The molecule has 0 aliphatic heterocycles. The molecule has 0 radical (unpaired) electrons. The Balaban J connectivity index is 2.57. The summed E-state index contributed by atoms with van der Waals surface area (Å²) in [6, 6.07) is 0. The van der Waals surface area contributed by atoms with Crippen LogP contribution in [0.1, 0.15) is 13.8 Å². The van der Waals surface area contributed by atoms with Gasteiger partial charge in [-0.3, -0.25) is 4.98 Å². The van der Waals surface area contributed by atoms with Crippen LogP contribution in [-0.2, 0) is 0 Å². The quantitative estimate of drug-likeness (QED) is 0.805. The van der Waals surface area contributed by atoms with Gasteiger partial charge in [-0.1, -0.05) is 0 Å². The van der Waals surface area contributed by atoms with Crippen molar-refractivity contribution < 1.29 is 0 Å². The summed E-state index contributed by atoms with van der Waals surface area (Å²) in [5.41, 5.74) is 0. The third-order valence-electron chi connectivity index (χ3n) is 2.14. The summed E-state index contributed by atoms with van der Waals surface area (Å²) in [7, 11) is 1.83. The molecule has 15 heavy (non-hydrogen) atoms. The second-order valence-electron chi connectivity index (χ2n) is 3.86. The molecule has 1 heterocycles. The molecule has 1 rings (SSSR count). The zero-order valence-electron chi connectivity index (χ0n) is 9.66. The van der Waals surface area contributed by atoms with Crippen molar-refractivity contribution >= 4 is 23.4 Å². The van der Waals surface area contributed by atoms with E-state index in [1.807, 2.05) is 18.8 Å². The van der Waals surface area contributed by atoms with Crippen molar-refractivity contribution in [1.82, 2.24) is 9.97 Å². The molecule has 0 bridgehead atoms. The van der Waals surface area contributed by atoms with Gasteiger partial charge >= 0.3 is 0 Å². The van der Waals surface area contributed by atoms with E-state index in [0.717, 1.165) is 18.2 Å². The minimum atomic E-state index is 0.206. The molecule has 0 aliphatic rings. The van der Waals surface area contributed by atoms with Crippen LogP contribution < -0.4 is 10.6 Å². The van der Waals surface area contributed by atoms with Gasteiger partial charge in [-0.05, 0) is 20.1 Å². The monoisotopic (exact) mass is 226 g/mol. The molecule has 0 fully saturated rings. The van der Waals surface area contributed by atoms with E-state index < -0.39 is 0 Å². The van der Waals surface area contributed by atoms with Crippen LogP contribution in [0.15, 0.2) is 12.4 Å². The minimum Gasteiger partial charge on any atom is -0.372 e. The van der Waals surface area contributed by atoms with Gasteiger partial charge in [0.05, 0.1) is 12.4 Å². The molecule has 0 atom stereocenters. The molecule has 0 unspecified atom stereocenters. The third kappa shape index (κ3) is 3.95. The van der Waals surface area contributed by atoms with Gasteiger partial charge in [0.25, 0.3) is 0 Å². The first kappa shape index (κ1) is 12.1. The highest BCUT2D eigenvalue weighted by atomic mass is 32.2. The summed E-state index contributed by atoms with van der Waals surface area (Å²) in [4.78, 5) is 8.42. The number of thioether (sulfide) groups is 1. The number of nitrogens with one attached hydrogen (secondary N) is 2. The van der Waals surface area contributed by atoms with E-state index in [4.69, 9.17) is 0 Å². The predicted molar refractivity (Wildman–Crippen MR) is 67.7 cm³/mol. The topological polar surface area (TPSA) is 49.8 Å². The maximum atomic E-state index is 4.33. The molecule has 84 valence electrons. The Morgan fingerprint density at radius 3 is 2.60 bits per heavy atom. The van der Waals surface area contributed by atoms with Gasteiger partial charge in [0.1, 0.15) is 11.6 Å². The van der Waals surface area contributed by atoms with Crippen LogP contribution in [0.4, 0.5) is 11.6 Å². The Morgan fingerprint density at radius 2 is 2.00 bits per heavy atom. The molecular weight excluding hydrogens is 208 g/mol. The van der Waals surface area contributed by atoms with Crippen molar-refractivity contribution in [3.8, 4) is 0 Å². The first-order chi connectivity index (χ1) is 7.07. The molecule has 1 aromatic rings. The van der Waals surface area contributed by atoms with Crippen LogP contribution in [0.5, 0.6) is 0 Å². The van der Waals surface area contributed by atoms with Gasteiger partial charge in [-0.15, -0.1) is 0 Å². The van der Waals surface area contributed by atoms with Gasteiger partial charge in [-0.2, -0.15) is 11.8 Å². The van der Waals surface area contributed by atoms with Crippen LogP contribution in [0.3, 0.4) is 0 Å². The first-order valence-electron chi connectivity index (χ1n) is 4.86. The number of rotatable bonds is 5. The second kappa shape index (κ2) is 5.21. The fourth-order valence-electron chi connectivity index (χ4n) is 0.947. The Labute approximate surface area is 95.3 Å². The number of nitrogens with zero attached hydrogens (tertiary/aromatic N) is 2. The maximum Gasteiger partial charge on any atom is 0.147 e. The standard InChI is InChI=1S/C10H18N4S/c1-10(2,15-4)7-13-9-6-12-5-8(11-3)14-9/h5-6H,7H2,1-4H3,(H2,11,13,14). The lowest BCUT2D eigenvalue weighted by Crippen LogP contribution is -2.26. The normalized spacial score (nSPS) is 11.2. The average Bonchev–Trinajstić information content (AvgIpc) is 2.27. The van der Waals surface area contributed by atoms with Crippen molar-refractivity contribution in [2.45, 2.75) is 18.6 Å². The lowest BCUT2D eigenvalue weighted by atomic mass is 10.2. The SMILES string of the molecule is CNc1cncc(NCC(C)(C)SC)n1. The van der Waals surface area contributed by atoms with Crippen molar-refractivity contribution in [1.29, 1.82) is 0 Å². The van der Waals surface area contributed by atoms with E-state index in [2.05, 4.69) is 40.7 Å². The van der Waals surface area contributed by atoms with Gasteiger partial charge in [-0.25, -0.2) is 4.98 Å². The van der Waals surface area contributed by atoms with Gasteiger partial charge < -0.3 is 10.6 Å². The molecule has 1 aromatic heterocycles. The molecule has 5 heteroatoms. The van der Waals surface area contributed by atoms with Gasteiger partial charge in [0.2, 0.25) is 0 Å². The molecule has 2 N–H and O–H groups in total. The van der Waals surface area contributed by atoms with Crippen LogP contribution >= 0.6 is 11.8 Å². The minimum absolute atomic E-state index is 0.206. The fourth-order valence-corrected chi connectivity index (χ4v) is 1.16. The van der Waals surface area contributed by atoms with E-state index in [-0.39, 0.29) is 4.75 Å². The maximum absolute atomic E-state index is 4.33. The predicted octanol–water partition coefficient (Wildman–Crippen LogP) is 2.07. The molecule has 4 nitrogen and oxygen atoms in total. The van der Waals surface area contributed by atoms with Crippen LogP contribution in [0.25, 0.3) is 0 Å². The number of anilines is 2. The average molecular weight is 226 g/mol. The van der Waals surface area contributed by atoms with E-state index in [0.29, 0.717) is 0 Å². The Hall–Kier alpha value is -0.970. The number of aromatic nitrogens is 2. The Bertz CT molecular complexity index is 314. The fraction of sp³-hybridized carbons (Fsp3) is 0.600. The molecular formula is C10H18N4S. The number of hydrogen-bond acceptors (Lipinski definition) is 5. The lowest BCUT2D eigenvalue weighted by molar-refractivity contribution is 0.749. The highest BCUT2D eigenvalue weighted by Gasteiger charge is 2.15. The van der Waals surface area contributed by atoms with Crippen LogP contribution in [0.2, 0.25) is 0 Å². The van der Waals surface area contributed by atoms with E-state index >= 15 is 0 Å². The van der Waals surface area contributed by atoms with Crippen molar-refractivity contribution in [3.63, 3.8) is 0 Å². The molecule has 0 saturated carbocycles. The first-order valence-corrected chi connectivity index (χ1v) is 6.09. The summed E-state index contributed by atoms with van der Waals surface area (Å²) in [6.07, 6.45) is 5.54. The zero-order chi connectivity index (χ0) is 11.3. The smallest absolute Gasteiger partial charge is 0.147 e. The lowest BCUT2D eigenvalue weighted by Gasteiger charge is -2.22. The molecule has 0 spiro atoms. The van der Waals surface area contributed by atoms with Crippen LogP contribution in [-0.4, -0.2) is 34.6 Å². The molecule has 0 aromatic carbocycles. The van der Waals surface area contributed by atoms with Crippen molar-refractivity contribution in [3.05, 3.63) is 12.4 Å². The molecule has 0 aliphatic carbocycles. The molecule has 0 amide bonds. The van der Waals surface area contributed by atoms with Crippen LogP contribution in [0, 0.1) is 0 Å². The Morgan fingerprint density at radius 1 is 1.33 bits per heavy atom. The number of hydrogen-bond donors (Lipinski definition) is 2. The summed E-state index contributed by atoms with van der Waals surface area (Å²) >= 11 is 1.83. The third-order valence-corrected chi connectivity index (χ3v) is 3.39. The Kier molecular flexibility index (Phi) is 4.20. The van der Waals surface area contributed by atoms with E-state index in [1.165, 1.54) is 0 Å². The summed E-state index contributed by atoms with van der Waals surface area (Å²) in [5, 5.41) is 6.24. The van der Waals surface area contributed by atoms with E-state index in [1.54, 1.807) is 12.4 Å². The zero-order valence-corrected chi connectivity index (χ0v) is 10.5. The van der Waals surface area contributed by atoms with Gasteiger partial charge in [0.15, 0.2) is 0 Å². The largest absolute Gasteiger partial charge is 0.372 e.